The average Bonchev–Trinajstić information content (AvgIpc) is 2.67. The Hall–Kier alpha value is -1.15. The predicted molar refractivity (Wildman–Crippen MR) is 58.8 cm³/mol. The smallest absolute Gasteiger partial charge is 0.159 e. The summed E-state index contributed by atoms with van der Waals surface area (Å²) in [5.41, 5.74) is 0.895. The van der Waals surface area contributed by atoms with Crippen LogP contribution in [0.3, 0.4) is 0 Å². The summed E-state index contributed by atoms with van der Waals surface area (Å²) in [7, 11) is 0. The number of ketones is 1. The van der Waals surface area contributed by atoms with Crippen LogP contribution in [-0.4, -0.2) is 10.9 Å². The molecule has 2 nitrogen and oxygen atoms in total. The highest BCUT2D eigenvalue weighted by Crippen LogP contribution is 2.38. The molecule has 1 aliphatic carbocycles. The van der Waals surface area contributed by atoms with Crippen molar-refractivity contribution in [3.8, 4) is 0 Å². The molecule has 0 saturated heterocycles. The molecule has 80 valence electrons. The van der Waals surface area contributed by atoms with Crippen LogP contribution in [0.5, 0.6) is 0 Å². The van der Waals surface area contributed by atoms with Gasteiger partial charge in [-0.25, -0.2) is 0 Å². The zero-order valence-corrected chi connectivity index (χ0v) is 8.99. The van der Waals surface area contributed by atoms with Crippen molar-refractivity contribution in [1.82, 2.24) is 0 Å². The normalized spacial score (nSPS) is 19.1. The zero-order chi connectivity index (χ0) is 10.9. The lowest BCUT2D eigenvalue weighted by atomic mass is 9.90. The molecule has 1 N–H and O–H groups in total. The van der Waals surface area contributed by atoms with E-state index in [2.05, 4.69) is 0 Å². The molecule has 2 rings (SSSR count). The van der Waals surface area contributed by atoms with Gasteiger partial charge < -0.3 is 5.11 Å². The van der Waals surface area contributed by atoms with E-state index in [1.165, 1.54) is 0 Å². The molecule has 1 fully saturated rings. The minimum absolute atomic E-state index is 0.0541. The third kappa shape index (κ3) is 1.95. The highest BCUT2D eigenvalue weighted by Gasteiger charge is 2.32. The highest BCUT2D eigenvalue weighted by molar-refractivity contribution is 5.94. The van der Waals surface area contributed by atoms with Crippen LogP contribution in [-0.2, 0) is 5.60 Å². The fourth-order valence-electron chi connectivity index (χ4n) is 2.28. The molecule has 0 aliphatic heterocycles. The van der Waals surface area contributed by atoms with Crippen LogP contribution in [0.15, 0.2) is 24.3 Å². The maximum atomic E-state index is 11.2. The van der Waals surface area contributed by atoms with Crippen LogP contribution in [0.4, 0.5) is 0 Å². The third-order valence-corrected chi connectivity index (χ3v) is 3.24. The lowest BCUT2D eigenvalue weighted by Gasteiger charge is -2.22. The first-order chi connectivity index (χ1) is 7.12. The first-order valence-electron chi connectivity index (χ1n) is 5.46. The van der Waals surface area contributed by atoms with Crippen LogP contribution in [0, 0.1) is 0 Å². The van der Waals surface area contributed by atoms with Gasteiger partial charge in [0.1, 0.15) is 0 Å². The molecule has 2 heteroatoms. The Morgan fingerprint density at radius 3 is 2.60 bits per heavy atom. The number of carbonyl (C=O) groups is 1. The van der Waals surface area contributed by atoms with Gasteiger partial charge in [0, 0.05) is 5.56 Å². The van der Waals surface area contributed by atoms with Gasteiger partial charge in [-0.2, -0.15) is 0 Å². The van der Waals surface area contributed by atoms with Crippen LogP contribution in [0.2, 0.25) is 0 Å². The molecule has 1 aliphatic rings. The third-order valence-electron chi connectivity index (χ3n) is 3.24. The molecule has 0 unspecified atom stereocenters. The monoisotopic (exact) mass is 204 g/mol. The molecule has 1 aromatic carbocycles. The number of rotatable bonds is 2. The Morgan fingerprint density at radius 2 is 2.00 bits per heavy atom. The number of benzene rings is 1. The molecule has 0 amide bonds. The first-order valence-corrected chi connectivity index (χ1v) is 5.46. The predicted octanol–water partition coefficient (Wildman–Crippen LogP) is 2.65. The first kappa shape index (κ1) is 10.4. The summed E-state index contributed by atoms with van der Waals surface area (Å²) in [6.07, 6.45) is 3.77. The lowest BCUT2D eigenvalue weighted by molar-refractivity contribution is 0.0444. The number of hydrogen-bond acceptors (Lipinski definition) is 2. The molecule has 0 atom stereocenters. The Balaban J connectivity index is 2.36. The van der Waals surface area contributed by atoms with Gasteiger partial charge in [-0.3, -0.25) is 4.79 Å². The maximum absolute atomic E-state index is 11.2. The highest BCUT2D eigenvalue weighted by atomic mass is 16.3. The molecule has 0 aromatic heterocycles. The van der Waals surface area contributed by atoms with E-state index in [4.69, 9.17) is 0 Å². The molecule has 15 heavy (non-hydrogen) atoms. The van der Waals surface area contributed by atoms with Gasteiger partial charge >= 0.3 is 0 Å². The molecule has 1 aromatic rings. The minimum atomic E-state index is -0.689. The molecular formula is C13H16O2. The summed E-state index contributed by atoms with van der Waals surface area (Å²) in [6.45, 7) is 1.55. The summed E-state index contributed by atoms with van der Waals surface area (Å²) in [6, 6.07) is 7.39. The van der Waals surface area contributed by atoms with Gasteiger partial charge in [-0.05, 0) is 31.4 Å². The number of Topliss-reactive ketones (excluding diaryl/α,β-unsaturated/α-hetero) is 1. The van der Waals surface area contributed by atoms with Crippen molar-refractivity contribution in [2.45, 2.75) is 38.2 Å². The SMILES string of the molecule is CC(=O)c1cccc(C2(O)CCCC2)c1. The molecule has 0 radical (unpaired) electrons. The Bertz CT molecular complexity index is 376. The Kier molecular flexibility index (Phi) is 2.61. The van der Waals surface area contributed by atoms with E-state index in [0.29, 0.717) is 5.56 Å². The van der Waals surface area contributed by atoms with Crippen LogP contribution in [0.1, 0.15) is 48.5 Å². The van der Waals surface area contributed by atoms with Gasteiger partial charge in [-0.15, -0.1) is 0 Å². The van der Waals surface area contributed by atoms with E-state index >= 15 is 0 Å². The van der Waals surface area contributed by atoms with E-state index in [1.807, 2.05) is 18.2 Å². The second-order valence-electron chi connectivity index (χ2n) is 4.38. The summed E-state index contributed by atoms with van der Waals surface area (Å²) < 4.78 is 0. The van der Waals surface area contributed by atoms with Gasteiger partial charge in [0.05, 0.1) is 5.60 Å². The van der Waals surface area contributed by atoms with Crippen LogP contribution < -0.4 is 0 Å². The van der Waals surface area contributed by atoms with Crippen molar-refractivity contribution in [3.63, 3.8) is 0 Å². The standard InChI is InChI=1S/C13H16O2/c1-10(14)11-5-4-6-12(9-11)13(15)7-2-3-8-13/h4-6,9,15H,2-3,7-8H2,1H3. The summed E-state index contributed by atoms with van der Waals surface area (Å²) >= 11 is 0. The molecule has 0 bridgehead atoms. The van der Waals surface area contributed by atoms with E-state index < -0.39 is 5.60 Å². The minimum Gasteiger partial charge on any atom is -0.385 e. The van der Waals surface area contributed by atoms with Crippen molar-refractivity contribution in [3.05, 3.63) is 35.4 Å². The van der Waals surface area contributed by atoms with Crippen molar-refractivity contribution in [2.75, 3.05) is 0 Å². The second kappa shape index (κ2) is 3.78. The van der Waals surface area contributed by atoms with Crippen LogP contribution in [0.25, 0.3) is 0 Å². The zero-order valence-electron chi connectivity index (χ0n) is 8.99. The lowest BCUT2D eigenvalue weighted by Crippen LogP contribution is -2.21. The molecule has 0 spiro atoms. The van der Waals surface area contributed by atoms with Gasteiger partial charge in [0.2, 0.25) is 0 Å². The number of hydrogen-bond donors (Lipinski definition) is 1. The molecular weight excluding hydrogens is 188 g/mol. The Labute approximate surface area is 89.9 Å². The topological polar surface area (TPSA) is 37.3 Å². The second-order valence-corrected chi connectivity index (χ2v) is 4.38. The average molecular weight is 204 g/mol. The van der Waals surface area contributed by atoms with Crippen LogP contribution >= 0.6 is 0 Å². The van der Waals surface area contributed by atoms with Gasteiger partial charge in [0.25, 0.3) is 0 Å². The summed E-state index contributed by atoms with van der Waals surface area (Å²) in [4.78, 5) is 11.2. The number of aliphatic hydroxyl groups is 1. The van der Waals surface area contributed by atoms with E-state index in [0.717, 1.165) is 31.2 Å². The van der Waals surface area contributed by atoms with E-state index in [-0.39, 0.29) is 5.78 Å². The summed E-state index contributed by atoms with van der Waals surface area (Å²) in [5, 5.41) is 10.4. The molecule has 1 saturated carbocycles. The van der Waals surface area contributed by atoms with E-state index in [9.17, 15) is 9.90 Å². The molecule has 0 heterocycles. The fraction of sp³-hybridized carbons (Fsp3) is 0.462. The largest absolute Gasteiger partial charge is 0.385 e. The maximum Gasteiger partial charge on any atom is 0.159 e. The Morgan fingerprint density at radius 1 is 1.33 bits per heavy atom. The van der Waals surface area contributed by atoms with Crippen molar-refractivity contribution in [2.24, 2.45) is 0 Å². The van der Waals surface area contributed by atoms with Crippen molar-refractivity contribution in [1.29, 1.82) is 0 Å². The fourth-order valence-corrected chi connectivity index (χ4v) is 2.28. The van der Waals surface area contributed by atoms with Crippen molar-refractivity contribution < 1.29 is 9.90 Å². The quantitative estimate of drug-likeness (QED) is 0.752. The van der Waals surface area contributed by atoms with Gasteiger partial charge in [0.15, 0.2) is 5.78 Å². The number of carbonyl (C=O) groups excluding carboxylic acids is 1. The van der Waals surface area contributed by atoms with Gasteiger partial charge in [-0.1, -0.05) is 31.0 Å². The van der Waals surface area contributed by atoms with E-state index in [1.54, 1.807) is 13.0 Å². The van der Waals surface area contributed by atoms with Crippen molar-refractivity contribution >= 4 is 5.78 Å². The summed E-state index contributed by atoms with van der Waals surface area (Å²) in [5.74, 6) is 0.0541.